The summed E-state index contributed by atoms with van der Waals surface area (Å²) in [4.78, 5) is 37.0. The minimum absolute atomic E-state index is 0.00641. The average Bonchev–Trinajstić information content (AvgIpc) is 2.92. The third-order valence-electron chi connectivity index (χ3n) is 3.62. The minimum atomic E-state index is -0.792. The fourth-order valence-electron chi connectivity index (χ4n) is 2.44. The van der Waals surface area contributed by atoms with Gasteiger partial charge in [0.05, 0.1) is 11.4 Å². The Morgan fingerprint density at radius 2 is 1.79 bits per heavy atom. The van der Waals surface area contributed by atoms with Crippen molar-refractivity contribution in [3.05, 3.63) is 40.7 Å². The van der Waals surface area contributed by atoms with Crippen molar-refractivity contribution >= 4 is 17.9 Å². The number of nitrogens with zero attached hydrogens (tertiary/aromatic N) is 3. The molecular formula is C19H25N5O4. The summed E-state index contributed by atoms with van der Waals surface area (Å²) in [6.45, 7) is 10.3. The fraction of sp³-hybridized carbons (Fsp3) is 0.421. The van der Waals surface area contributed by atoms with Gasteiger partial charge in [0.2, 0.25) is 0 Å². The van der Waals surface area contributed by atoms with E-state index < -0.39 is 30.1 Å². The molecule has 1 aromatic heterocycles. The number of rotatable bonds is 4. The van der Waals surface area contributed by atoms with Crippen LogP contribution in [0.25, 0.3) is 5.69 Å². The summed E-state index contributed by atoms with van der Waals surface area (Å²) in [6, 6.07) is 5.11. The van der Waals surface area contributed by atoms with Gasteiger partial charge in [0.25, 0.3) is 5.91 Å². The number of ether oxygens (including phenoxy) is 1. The highest BCUT2D eigenvalue weighted by Gasteiger charge is 2.21. The van der Waals surface area contributed by atoms with Crippen LogP contribution in [-0.2, 0) is 9.53 Å². The summed E-state index contributed by atoms with van der Waals surface area (Å²) in [7, 11) is 0. The third-order valence-corrected chi connectivity index (χ3v) is 3.62. The lowest BCUT2D eigenvalue weighted by atomic mass is 10.1. The number of imide groups is 1. The monoisotopic (exact) mass is 387 g/mol. The number of hydrogen-bond acceptors (Lipinski definition) is 6. The number of aromatic nitrogens is 3. The lowest BCUT2D eigenvalue weighted by Crippen LogP contribution is -2.49. The standard InChI is InChI=1S/C19H25N5O4/c1-11-7-8-14(12(2)9-11)24-22-13(3)16(23-24)17(26)28-10-15(25)20-18(27)21-19(4,5)6/h7-9H,10H2,1-6H3,(H2,20,21,25,27). The number of esters is 1. The van der Waals surface area contributed by atoms with Gasteiger partial charge in [0, 0.05) is 5.54 Å². The van der Waals surface area contributed by atoms with Crippen LogP contribution in [0.3, 0.4) is 0 Å². The van der Waals surface area contributed by atoms with Crippen molar-refractivity contribution in [2.24, 2.45) is 0 Å². The molecular weight excluding hydrogens is 362 g/mol. The molecule has 3 amide bonds. The predicted molar refractivity (Wildman–Crippen MR) is 102 cm³/mol. The van der Waals surface area contributed by atoms with Crippen molar-refractivity contribution in [2.45, 2.75) is 47.1 Å². The first-order valence-electron chi connectivity index (χ1n) is 8.77. The first-order valence-corrected chi connectivity index (χ1v) is 8.77. The van der Waals surface area contributed by atoms with E-state index in [9.17, 15) is 14.4 Å². The minimum Gasteiger partial charge on any atom is -0.451 e. The van der Waals surface area contributed by atoms with E-state index in [0.29, 0.717) is 5.69 Å². The van der Waals surface area contributed by atoms with E-state index in [0.717, 1.165) is 16.8 Å². The van der Waals surface area contributed by atoms with E-state index in [-0.39, 0.29) is 5.69 Å². The highest BCUT2D eigenvalue weighted by molar-refractivity contribution is 5.97. The molecule has 0 radical (unpaired) electrons. The van der Waals surface area contributed by atoms with E-state index in [4.69, 9.17) is 4.74 Å². The van der Waals surface area contributed by atoms with Gasteiger partial charge in [-0.25, -0.2) is 9.59 Å². The van der Waals surface area contributed by atoms with Gasteiger partial charge in [-0.05, 0) is 53.2 Å². The van der Waals surface area contributed by atoms with Gasteiger partial charge >= 0.3 is 12.0 Å². The molecule has 2 N–H and O–H groups in total. The number of carbonyl (C=O) groups is 3. The Morgan fingerprint density at radius 1 is 1.11 bits per heavy atom. The quantitative estimate of drug-likeness (QED) is 0.775. The molecule has 0 unspecified atom stereocenters. The van der Waals surface area contributed by atoms with E-state index >= 15 is 0 Å². The molecule has 0 saturated heterocycles. The highest BCUT2D eigenvalue weighted by Crippen LogP contribution is 2.15. The zero-order valence-corrected chi connectivity index (χ0v) is 16.9. The number of nitrogens with one attached hydrogen (secondary N) is 2. The SMILES string of the molecule is Cc1ccc(-n2nc(C)c(C(=O)OCC(=O)NC(=O)NC(C)(C)C)n2)c(C)c1. The normalized spacial score (nSPS) is 11.1. The van der Waals surface area contributed by atoms with Crippen molar-refractivity contribution in [1.82, 2.24) is 25.6 Å². The lowest BCUT2D eigenvalue weighted by Gasteiger charge is -2.20. The molecule has 0 bridgehead atoms. The second-order valence-electron chi connectivity index (χ2n) is 7.54. The Hall–Kier alpha value is -3.23. The van der Waals surface area contributed by atoms with Crippen molar-refractivity contribution in [1.29, 1.82) is 0 Å². The average molecular weight is 387 g/mol. The second-order valence-corrected chi connectivity index (χ2v) is 7.54. The second kappa shape index (κ2) is 8.20. The number of carbonyl (C=O) groups excluding carboxylic acids is 3. The number of aryl methyl sites for hydroxylation is 3. The summed E-state index contributed by atoms with van der Waals surface area (Å²) in [6.07, 6.45) is 0. The Bertz CT molecular complexity index is 912. The molecule has 0 saturated carbocycles. The van der Waals surface area contributed by atoms with Crippen LogP contribution in [0.1, 0.15) is 48.1 Å². The molecule has 1 aromatic carbocycles. The lowest BCUT2D eigenvalue weighted by molar-refractivity contribution is -0.123. The van der Waals surface area contributed by atoms with Gasteiger partial charge in [0.1, 0.15) is 0 Å². The smallest absolute Gasteiger partial charge is 0.361 e. The molecule has 2 rings (SSSR count). The molecule has 0 aliphatic heterocycles. The summed E-state index contributed by atoms with van der Waals surface area (Å²) in [5.41, 5.74) is 2.68. The summed E-state index contributed by atoms with van der Waals surface area (Å²) >= 11 is 0. The zero-order chi connectivity index (χ0) is 21.1. The summed E-state index contributed by atoms with van der Waals surface area (Å²) in [5.74, 6) is -1.53. The van der Waals surface area contributed by atoms with Crippen LogP contribution < -0.4 is 10.6 Å². The topological polar surface area (TPSA) is 115 Å². The number of benzene rings is 1. The van der Waals surface area contributed by atoms with Crippen LogP contribution in [0.5, 0.6) is 0 Å². The maximum atomic E-state index is 12.2. The van der Waals surface area contributed by atoms with Gasteiger partial charge in [-0.15, -0.1) is 5.10 Å². The Labute approximate surface area is 163 Å². The van der Waals surface area contributed by atoms with E-state index in [2.05, 4.69) is 20.8 Å². The van der Waals surface area contributed by atoms with Crippen LogP contribution in [0.2, 0.25) is 0 Å². The van der Waals surface area contributed by atoms with Crippen molar-refractivity contribution in [2.75, 3.05) is 6.61 Å². The van der Waals surface area contributed by atoms with Gasteiger partial charge in [-0.1, -0.05) is 17.7 Å². The summed E-state index contributed by atoms with van der Waals surface area (Å²) in [5, 5.41) is 13.1. The van der Waals surface area contributed by atoms with Crippen molar-refractivity contribution < 1.29 is 19.1 Å². The molecule has 0 atom stereocenters. The Balaban J connectivity index is 2.00. The van der Waals surface area contributed by atoms with Gasteiger partial charge < -0.3 is 10.1 Å². The molecule has 1 heterocycles. The van der Waals surface area contributed by atoms with Gasteiger partial charge in [-0.2, -0.15) is 9.90 Å². The molecule has 0 spiro atoms. The highest BCUT2D eigenvalue weighted by atomic mass is 16.5. The Kier molecular flexibility index (Phi) is 6.17. The largest absolute Gasteiger partial charge is 0.451 e. The van der Waals surface area contributed by atoms with Crippen molar-refractivity contribution in [3.8, 4) is 5.69 Å². The Morgan fingerprint density at radius 3 is 2.39 bits per heavy atom. The van der Waals surface area contributed by atoms with Crippen LogP contribution in [-0.4, -0.2) is 45.0 Å². The zero-order valence-electron chi connectivity index (χ0n) is 16.9. The van der Waals surface area contributed by atoms with Crippen LogP contribution in [0.15, 0.2) is 18.2 Å². The molecule has 9 nitrogen and oxygen atoms in total. The maximum absolute atomic E-state index is 12.2. The molecule has 0 aliphatic rings. The summed E-state index contributed by atoms with van der Waals surface area (Å²) < 4.78 is 4.95. The number of urea groups is 1. The number of hydrogen-bond donors (Lipinski definition) is 2. The van der Waals surface area contributed by atoms with Crippen LogP contribution >= 0.6 is 0 Å². The van der Waals surface area contributed by atoms with Gasteiger partial charge in [0.15, 0.2) is 12.3 Å². The molecule has 28 heavy (non-hydrogen) atoms. The van der Waals surface area contributed by atoms with Crippen LogP contribution in [0, 0.1) is 20.8 Å². The van der Waals surface area contributed by atoms with Crippen molar-refractivity contribution in [3.63, 3.8) is 0 Å². The van der Waals surface area contributed by atoms with E-state index in [1.54, 1.807) is 27.7 Å². The molecule has 2 aromatic rings. The van der Waals surface area contributed by atoms with Crippen LogP contribution in [0.4, 0.5) is 4.79 Å². The number of amides is 3. The molecule has 150 valence electrons. The fourth-order valence-corrected chi connectivity index (χ4v) is 2.44. The molecule has 9 heteroatoms. The van der Waals surface area contributed by atoms with E-state index in [1.807, 2.05) is 32.0 Å². The van der Waals surface area contributed by atoms with E-state index in [1.165, 1.54) is 4.80 Å². The maximum Gasteiger partial charge on any atom is 0.361 e. The first-order chi connectivity index (χ1) is 13.0. The molecule has 0 fully saturated rings. The molecule has 0 aliphatic carbocycles. The third kappa shape index (κ3) is 5.63. The predicted octanol–water partition coefficient (Wildman–Crippen LogP) is 1.97. The van der Waals surface area contributed by atoms with Gasteiger partial charge in [-0.3, -0.25) is 10.1 Å². The first kappa shape index (κ1) is 21.1.